The van der Waals surface area contributed by atoms with Crippen LogP contribution in [0.2, 0.25) is 0 Å². The van der Waals surface area contributed by atoms with Crippen LogP contribution in [-0.4, -0.2) is 10.5 Å². The molecule has 134 valence electrons. The summed E-state index contributed by atoms with van der Waals surface area (Å²) < 4.78 is 36.4. The highest BCUT2D eigenvalue weighted by Gasteiger charge is 2.17. The molecule has 3 aromatic rings. The molecule has 0 saturated carbocycles. The van der Waals surface area contributed by atoms with Crippen molar-refractivity contribution >= 4 is 10.8 Å². The van der Waals surface area contributed by atoms with Crippen LogP contribution in [0.4, 0.5) is 4.39 Å². The summed E-state index contributed by atoms with van der Waals surface area (Å²) in [7, 11) is -1.10. The Labute approximate surface area is 152 Å². The van der Waals surface area contributed by atoms with Crippen molar-refractivity contribution in [1.29, 1.82) is 0 Å². The first-order valence-corrected chi connectivity index (χ1v) is 9.43. The fraction of sp³-hybridized carbons (Fsp3) is 0.150. The molecule has 6 heteroatoms. The van der Waals surface area contributed by atoms with Gasteiger partial charge in [0.15, 0.2) is 5.76 Å². The summed E-state index contributed by atoms with van der Waals surface area (Å²) in [5, 5.41) is 0. The minimum Gasteiger partial charge on any atom is -0.457 e. The third kappa shape index (κ3) is 3.75. The van der Waals surface area contributed by atoms with Gasteiger partial charge < -0.3 is 9.15 Å². The maximum absolute atomic E-state index is 13.3. The zero-order valence-electron chi connectivity index (χ0n) is 14.5. The van der Waals surface area contributed by atoms with Gasteiger partial charge in [0, 0.05) is 33.6 Å². The summed E-state index contributed by atoms with van der Waals surface area (Å²) in [5.74, 6) is 0.725. The summed E-state index contributed by atoms with van der Waals surface area (Å²) in [5.41, 5.74) is 0.845. The lowest BCUT2D eigenvalue weighted by Gasteiger charge is -2.12. The van der Waals surface area contributed by atoms with E-state index in [0.717, 1.165) is 0 Å². The molecule has 1 atom stereocenters. The summed E-state index contributed by atoms with van der Waals surface area (Å²) in [4.78, 5) is 13.2. The minimum atomic E-state index is -1.10. The van der Waals surface area contributed by atoms with Gasteiger partial charge in [0.05, 0.1) is 0 Å². The van der Waals surface area contributed by atoms with E-state index in [1.54, 1.807) is 44.4 Å². The Kier molecular flexibility index (Phi) is 5.04. The van der Waals surface area contributed by atoms with E-state index in [2.05, 4.69) is 0 Å². The molecule has 0 saturated heterocycles. The summed E-state index contributed by atoms with van der Waals surface area (Å²) in [6, 6.07) is 12.3. The number of hydrogen-bond acceptors (Lipinski definition) is 4. The van der Waals surface area contributed by atoms with Crippen LogP contribution in [0.1, 0.15) is 11.3 Å². The lowest BCUT2D eigenvalue weighted by molar-refractivity contribution is 0.435. The molecule has 0 bridgehead atoms. The van der Waals surface area contributed by atoms with Crippen molar-refractivity contribution < 1.29 is 17.8 Å². The minimum absolute atomic E-state index is 0.0238. The van der Waals surface area contributed by atoms with E-state index in [1.807, 2.05) is 0 Å². The Morgan fingerprint density at radius 3 is 2.35 bits per heavy atom. The molecule has 4 nitrogen and oxygen atoms in total. The van der Waals surface area contributed by atoms with Gasteiger partial charge in [-0.05, 0) is 61.9 Å². The third-order valence-corrected chi connectivity index (χ3v) is 4.76. The van der Waals surface area contributed by atoms with Crippen molar-refractivity contribution in [3.63, 3.8) is 0 Å². The van der Waals surface area contributed by atoms with E-state index in [0.29, 0.717) is 27.5 Å². The molecule has 1 unspecified atom stereocenters. The van der Waals surface area contributed by atoms with Crippen LogP contribution in [0.5, 0.6) is 11.5 Å². The monoisotopic (exact) mass is 372 g/mol. The molecule has 0 spiro atoms. The van der Waals surface area contributed by atoms with Crippen LogP contribution in [-0.2, 0) is 10.8 Å². The molecule has 0 aliphatic carbocycles. The van der Waals surface area contributed by atoms with Gasteiger partial charge in [-0.25, -0.2) is 4.39 Å². The first kappa shape index (κ1) is 18.1. The summed E-state index contributed by atoms with van der Waals surface area (Å²) >= 11 is 0. The van der Waals surface area contributed by atoms with Gasteiger partial charge in [-0.3, -0.25) is 9.00 Å². The quantitative estimate of drug-likeness (QED) is 0.672. The molecular weight excluding hydrogens is 355 g/mol. The van der Waals surface area contributed by atoms with Crippen molar-refractivity contribution in [2.75, 3.05) is 6.26 Å². The number of ether oxygens (including phenoxy) is 1. The van der Waals surface area contributed by atoms with Crippen molar-refractivity contribution in [3.8, 4) is 22.8 Å². The van der Waals surface area contributed by atoms with Gasteiger partial charge in [-0.1, -0.05) is 0 Å². The molecule has 0 N–H and O–H groups in total. The van der Waals surface area contributed by atoms with Crippen LogP contribution in [0.3, 0.4) is 0 Å². The topological polar surface area (TPSA) is 56.5 Å². The third-order valence-electron chi connectivity index (χ3n) is 3.82. The van der Waals surface area contributed by atoms with Gasteiger partial charge in [-0.2, -0.15) is 0 Å². The number of rotatable bonds is 4. The van der Waals surface area contributed by atoms with Crippen molar-refractivity contribution in [2.45, 2.75) is 18.7 Å². The molecule has 26 heavy (non-hydrogen) atoms. The van der Waals surface area contributed by atoms with E-state index in [9.17, 15) is 13.4 Å². The molecule has 0 fully saturated rings. The predicted molar refractivity (Wildman–Crippen MR) is 98.7 cm³/mol. The molecule has 0 aliphatic rings. The standard InChI is InChI=1S/C20H17FO4S/c1-12-10-15(21)6-9-18(12)25-20-17(22)11-13(2)24-19(20)14-4-7-16(8-5-14)26(3)23/h4-11H,1-3H3. The Hall–Kier alpha value is -2.73. The predicted octanol–water partition coefficient (Wildman–Crippen LogP) is 4.59. The Morgan fingerprint density at radius 1 is 1.04 bits per heavy atom. The molecule has 0 amide bonds. The van der Waals surface area contributed by atoms with Gasteiger partial charge in [0.25, 0.3) is 0 Å². The number of hydrogen-bond donors (Lipinski definition) is 0. The molecule has 0 radical (unpaired) electrons. The zero-order valence-corrected chi connectivity index (χ0v) is 15.4. The fourth-order valence-corrected chi connectivity index (χ4v) is 3.04. The second-order valence-corrected chi connectivity index (χ2v) is 7.25. The Bertz CT molecular complexity index is 1040. The van der Waals surface area contributed by atoms with Crippen LogP contribution >= 0.6 is 0 Å². The largest absolute Gasteiger partial charge is 0.457 e. The smallest absolute Gasteiger partial charge is 0.228 e. The van der Waals surface area contributed by atoms with Crippen molar-refractivity contribution in [3.05, 3.63) is 75.9 Å². The van der Waals surface area contributed by atoms with Crippen LogP contribution in [0.25, 0.3) is 11.3 Å². The first-order chi connectivity index (χ1) is 12.3. The Morgan fingerprint density at radius 2 is 1.73 bits per heavy atom. The van der Waals surface area contributed by atoms with Gasteiger partial charge in [0.2, 0.25) is 11.2 Å². The lowest BCUT2D eigenvalue weighted by Crippen LogP contribution is -2.07. The molecule has 3 rings (SSSR count). The maximum Gasteiger partial charge on any atom is 0.228 e. The number of halogens is 1. The van der Waals surface area contributed by atoms with Crippen LogP contribution < -0.4 is 10.2 Å². The average molecular weight is 372 g/mol. The van der Waals surface area contributed by atoms with Crippen molar-refractivity contribution in [2.24, 2.45) is 0 Å². The number of benzene rings is 2. The van der Waals surface area contributed by atoms with E-state index >= 15 is 0 Å². The van der Waals surface area contributed by atoms with Gasteiger partial charge in [-0.15, -0.1) is 0 Å². The second-order valence-electron chi connectivity index (χ2n) is 5.87. The first-order valence-electron chi connectivity index (χ1n) is 7.88. The SMILES string of the molecule is Cc1cc(=O)c(Oc2ccc(F)cc2C)c(-c2ccc(S(C)=O)cc2)o1. The highest BCUT2D eigenvalue weighted by molar-refractivity contribution is 7.84. The fourth-order valence-electron chi connectivity index (χ4n) is 2.52. The van der Waals surface area contributed by atoms with E-state index in [-0.39, 0.29) is 22.8 Å². The highest BCUT2D eigenvalue weighted by atomic mass is 32.2. The van der Waals surface area contributed by atoms with E-state index in [4.69, 9.17) is 9.15 Å². The van der Waals surface area contributed by atoms with Gasteiger partial charge in [0.1, 0.15) is 17.3 Å². The van der Waals surface area contributed by atoms with E-state index < -0.39 is 10.8 Å². The normalized spacial score (nSPS) is 12.0. The zero-order chi connectivity index (χ0) is 18.8. The summed E-state index contributed by atoms with van der Waals surface area (Å²) in [6.45, 7) is 3.37. The molecule has 1 heterocycles. The number of aryl methyl sites for hydroxylation is 2. The highest BCUT2D eigenvalue weighted by Crippen LogP contribution is 2.33. The van der Waals surface area contributed by atoms with Crippen LogP contribution in [0.15, 0.2) is 62.6 Å². The maximum atomic E-state index is 13.3. The van der Waals surface area contributed by atoms with E-state index in [1.165, 1.54) is 24.3 Å². The molecule has 0 aliphatic heterocycles. The van der Waals surface area contributed by atoms with Crippen LogP contribution in [0, 0.1) is 19.7 Å². The molecule has 2 aromatic carbocycles. The average Bonchev–Trinajstić information content (AvgIpc) is 2.59. The van der Waals surface area contributed by atoms with Gasteiger partial charge >= 0.3 is 0 Å². The second kappa shape index (κ2) is 7.25. The Balaban J connectivity index is 2.10. The molecular formula is C20H17FO4S. The lowest BCUT2D eigenvalue weighted by atomic mass is 10.1. The molecule has 1 aromatic heterocycles. The van der Waals surface area contributed by atoms with Crippen molar-refractivity contribution in [1.82, 2.24) is 0 Å². The summed E-state index contributed by atoms with van der Waals surface area (Å²) in [6.07, 6.45) is 1.59.